The number of halogens is 2. The molecule has 2 aromatic carbocycles. The molecule has 106 valence electrons. The molecule has 0 amide bonds. The Morgan fingerprint density at radius 1 is 1.33 bits per heavy atom. The van der Waals surface area contributed by atoms with Crippen LogP contribution in [0.2, 0.25) is 5.02 Å². The number of benzene rings is 2. The van der Waals surface area contributed by atoms with Crippen LogP contribution in [0.15, 0.2) is 40.6 Å². The summed E-state index contributed by atoms with van der Waals surface area (Å²) in [4.78, 5) is 10.9. The Morgan fingerprint density at radius 2 is 2.14 bits per heavy atom. The first-order chi connectivity index (χ1) is 10.0. The van der Waals surface area contributed by atoms with Gasteiger partial charge in [0.2, 0.25) is 0 Å². The van der Waals surface area contributed by atoms with Crippen molar-refractivity contribution in [2.24, 2.45) is 10.2 Å². The second kappa shape index (κ2) is 5.21. The minimum atomic E-state index is -0.466. The second-order valence-corrected chi connectivity index (χ2v) is 5.12. The summed E-state index contributed by atoms with van der Waals surface area (Å²) < 4.78 is 13.4. The van der Waals surface area contributed by atoms with Gasteiger partial charge in [-0.3, -0.25) is 10.1 Å². The quantitative estimate of drug-likeness (QED) is 0.615. The van der Waals surface area contributed by atoms with E-state index in [9.17, 15) is 14.5 Å². The van der Waals surface area contributed by atoms with Crippen LogP contribution in [0, 0.1) is 15.9 Å². The topological polar surface area (TPSA) is 67.9 Å². The van der Waals surface area contributed by atoms with E-state index in [0.717, 1.165) is 0 Å². The van der Waals surface area contributed by atoms with Crippen molar-refractivity contribution in [3.05, 3.63) is 68.0 Å². The summed E-state index contributed by atoms with van der Waals surface area (Å²) in [7, 11) is 0. The van der Waals surface area contributed by atoms with Gasteiger partial charge in [0.25, 0.3) is 5.69 Å². The van der Waals surface area contributed by atoms with Crippen LogP contribution in [0.3, 0.4) is 0 Å². The predicted octanol–water partition coefficient (Wildman–Crippen LogP) is 4.58. The summed E-state index contributed by atoms with van der Waals surface area (Å²) in [5.41, 5.74) is 2.09. The molecule has 21 heavy (non-hydrogen) atoms. The maximum Gasteiger partial charge on any atom is 0.280 e. The molecule has 0 unspecified atom stereocenters. The first kappa shape index (κ1) is 13.6. The molecule has 7 heteroatoms. The average molecular weight is 306 g/mol. The summed E-state index contributed by atoms with van der Waals surface area (Å²) in [6.45, 7) is 0.198. The van der Waals surface area contributed by atoms with Gasteiger partial charge in [0, 0.05) is 17.0 Å². The molecular formula is C14H9ClFN3O2. The Bertz CT molecular complexity index is 757. The van der Waals surface area contributed by atoms with Gasteiger partial charge in [-0.05, 0) is 35.9 Å². The van der Waals surface area contributed by atoms with E-state index in [4.69, 9.17) is 11.6 Å². The molecule has 0 saturated carbocycles. The van der Waals surface area contributed by atoms with Crippen LogP contribution in [-0.4, -0.2) is 4.92 Å². The molecular weight excluding hydrogens is 297 g/mol. The van der Waals surface area contributed by atoms with Gasteiger partial charge < -0.3 is 0 Å². The van der Waals surface area contributed by atoms with Gasteiger partial charge in [-0.15, -0.1) is 0 Å². The highest BCUT2D eigenvalue weighted by Crippen LogP contribution is 2.37. The fourth-order valence-electron chi connectivity index (χ4n) is 2.41. The highest BCUT2D eigenvalue weighted by molar-refractivity contribution is 6.30. The van der Waals surface area contributed by atoms with Crippen LogP contribution < -0.4 is 0 Å². The number of nitro benzene ring substituents is 1. The van der Waals surface area contributed by atoms with Crippen molar-refractivity contribution < 1.29 is 9.31 Å². The normalized spacial score (nSPS) is 12.5. The zero-order chi connectivity index (χ0) is 15.0. The monoisotopic (exact) mass is 305 g/mol. The zero-order valence-electron chi connectivity index (χ0n) is 10.7. The SMILES string of the molecule is O=[N+]([O-])c1c(Cc2cc(F)cc(Cl)c2)ccc2c1CN=N2. The van der Waals surface area contributed by atoms with Crippen molar-refractivity contribution in [3.63, 3.8) is 0 Å². The number of fused-ring (bicyclic) bond motifs is 1. The molecule has 0 aliphatic carbocycles. The van der Waals surface area contributed by atoms with Crippen molar-refractivity contribution in [2.75, 3.05) is 0 Å². The number of rotatable bonds is 3. The van der Waals surface area contributed by atoms with Crippen LogP contribution in [0.1, 0.15) is 16.7 Å². The maximum atomic E-state index is 13.4. The molecule has 1 aliphatic heterocycles. The Labute approximate surface area is 124 Å². The van der Waals surface area contributed by atoms with Gasteiger partial charge in [0.1, 0.15) is 5.82 Å². The van der Waals surface area contributed by atoms with Gasteiger partial charge in [0.15, 0.2) is 0 Å². The highest BCUT2D eigenvalue weighted by Gasteiger charge is 2.25. The first-order valence-electron chi connectivity index (χ1n) is 6.16. The van der Waals surface area contributed by atoms with E-state index in [-0.39, 0.29) is 23.7 Å². The van der Waals surface area contributed by atoms with Crippen LogP contribution in [-0.2, 0) is 13.0 Å². The van der Waals surface area contributed by atoms with Crippen LogP contribution in [0.5, 0.6) is 0 Å². The van der Waals surface area contributed by atoms with Gasteiger partial charge in [-0.25, -0.2) is 4.39 Å². The molecule has 3 rings (SSSR count). The lowest BCUT2D eigenvalue weighted by molar-refractivity contribution is -0.386. The molecule has 0 N–H and O–H groups in total. The summed E-state index contributed by atoms with van der Waals surface area (Å²) >= 11 is 5.81. The van der Waals surface area contributed by atoms with E-state index in [1.807, 2.05) is 0 Å². The average Bonchev–Trinajstić information content (AvgIpc) is 2.84. The molecule has 0 spiro atoms. The number of hydrogen-bond donors (Lipinski definition) is 0. The molecule has 0 bridgehead atoms. The number of nitrogens with zero attached hydrogens (tertiary/aromatic N) is 3. The molecule has 0 saturated heterocycles. The van der Waals surface area contributed by atoms with Crippen molar-refractivity contribution in [3.8, 4) is 0 Å². The number of hydrogen-bond acceptors (Lipinski definition) is 4. The largest absolute Gasteiger partial charge is 0.280 e. The Hall–Kier alpha value is -2.34. The Balaban J connectivity index is 2.05. The van der Waals surface area contributed by atoms with Crippen molar-refractivity contribution in [1.82, 2.24) is 0 Å². The van der Waals surface area contributed by atoms with Crippen molar-refractivity contribution >= 4 is 23.0 Å². The van der Waals surface area contributed by atoms with E-state index in [0.29, 0.717) is 22.4 Å². The third-order valence-electron chi connectivity index (χ3n) is 3.25. The Morgan fingerprint density at radius 3 is 2.86 bits per heavy atom. The van der Waals surface area contributed by atoms with Crippen molar-refractivity contribution in [1.29, 1.82) is 0 Å². The van der Waals surface area contributed by atoms with Crippen LogP contribution >= 0.6 is 11.6 Å². The molecule has 2 aromatic rings. The first-order valence-corrected chi connectivity index (χ1v) is 6.54. The molecule has 0 fully saturated rings. The lowest BCUT2D eigenvalue weighted by atomic mass is 9.99. The molecule has 0 aromatic heterocycles. The van der Waals surface area contributed by atoms with Crippen molar-refractivity contribution in [2.45, 2.75) is 13.0 Å². The van der Waals surface area contributed by atoms with Crippen LogP contribution in [0.25, 0.3) is 0 Å². The van der Waals surface area contributed by atoms with E-state index in [2.05, 4.69) is 10.2 Å². The lowest BCUT2D eigenvalue weighted by Gasteiger charge is -2.07. The summed E-state index contributed by atoms with van der Waals surface area (Å²) in [5.74, 6) is -0.466. The van der Waals surface area contributed by atoms with E-state index < -0.39 is 10.7 Å². The van der Waals surface area contributed by atoms with E-state index in [1.54, 1.807) is 18.2 Å². The zero-order valence-corrected chi connectivity index (χ0v) is 11.5. The number of azo groups is 1. The molecule has 5 nitrogen and oxygen atoms in total. The molecule has 0 radical (unpaired) electrons. The lowest BCUT2D eigenvalue weighted by Crippen LogP contribution is -2.00. The van der Waals surface area contributed by atoms with Gasteiger partial charge >= 0.3 is 0 Å². The standard InChI is InChI=1S/C14H9ClFN3O2/c15-10-4-8(5-11(16)6-10)3-9-1-2-13-12(7-17-18-13)14(9)19(20)21/h1-2,4-6H,3,7H2. The van der Waals surface area contributed by atoms with E-state index in [1.165, 1.54) is 12.1 Å². The van der Waals surface area contributed by atoms with Gasteiger partial charge in [-0.2, -0.15) is 10.2 Å². The second-order valence-electron chi connectivity index (χ2n) is 4.68. The fourth-order valence-corrected chi connectivity index (χ4v) is 2.65. The summed E-state index contributed by atoms with van der Waals surface area (Å²) in [5, 5.41) is 19.3. The third-order valence-corrected chi connectivity index (χ3v) is 3.47. The van der Waals surface area contributed by atoms with Gasteiger partial charge in [-0.1, -0.05) is 11.6 Å². The summed E-state index contributed by atoms with van der Waals surface area (Å²) in [6.07, 6.45) is 0.223. The highest BCUT2D eigenvalue weighted by atomic mass is 35.5. The molecule has 1 aliphatic rings. The predicted molar refractivity (Wildman–Crippen MR) is 75.5 cm³/mol. The minimum Gasteiger partial charge on any atom is -0.258 e. The Kier molecular flexibility index (Phi) is 3.39. The summed E-state index contributed by atoms with van der Waals surface area (Å²) in [6, 6.07) is 7.42. The smallest absolute Gasteiger partial charge is 0.258 e. The minimum absolute atomic E-state index is 0.00196. The van der Waals surface area contributed by atoms with Crippen LogP contribution in [0.4, 0.5) is 15.8 Å². The molecule has 0 atom stereocenters. The fraction of sp³-hybridized carbons (Fsp3) is 0.143. The van der Waals surface area contributed by atoms with E-state index >= 15 is 0 Å². The maximum absolute atomic E-state index is 13.4. The van der Waals surface area contributed by atoms with Gasteiger partial charge in [0.05, 0.1) is 22.7 Å². The number of nitro groups is 1. The third kappa shape index (κ3) is 2.62. The molecule has 1 heterocycles.